The third-order valence-corrected chi connectivity index (χ3v) is 3.63. The molecule has 1 aliphatic rings. The van der Waals surface area contributed by atoms with E-state index < -0.39 is 0 Å². The summed E-state index contributed by atoms with van der Waals surface area (Å²) in [6.45, 7) is 8.85. The summed E-state index contributed by atoms with van der Waals surface area (Å²) in [5.74, 6) is 0.257. The highest BCUT2D eigenvalue weighted by Crippen LogP contribution is 2.25. The zero-order valence-corrected chi connectivity index (χ0v) is 11.5. The molecule has 2 rings (SSSR count). The highest BCUT2D eigenvalue weighted by Gasteiger charge is 2.35. The predicted molar refractivity (Wildman–Crippen MR) is 74.7 cm³/mol. The Bertz CT molecular complexity index is 414. The molecule has 1 aromatic rings. The van der Waals surface area contributed by atoms with E-state index in [2.05, 4.69) is 43.0 Å². The van der Waals surface area contributed by atoms with E-state index in [-0.39, 0.29) is 11.4 Å². The van der Waals surface area contributed by atoms with Crippen LogP contribution in [0.25, 0.3) is 0 Å². The van der Waals surface area contributed by atoms with E-state index in [1.807, 2.05) is 17.9 Å². The van der Waals surface area contributed by atoms with Crippen molar-refractivity contribution >= 4 is 11.6 Å². The molecule has 1 amide bonds. The van der Waals surface area contributed by atoms with Gasteiger partial charge in [0, 0.05) is 31.7 Å². The minimum absolute atomic E-state index is 0.0960. The van der Waals surface area contributed by atoms with Gasteiger partial charge >= 0.3 is 0 Å². The molecule has 1 aromatic carbocycles. The molecule has 0 radical (unpaired) electrons. The molecule has 98 valence electrons. The molecule has 0 aliphatic carbocycles. The third kappa shape index (κ3) is 2.50. The molecule has 0 atom stereocenters. The lowest BCUT2D eigenvalue weighted by Gasteiger charge is -2.48. The molecule has 0 unspecified atom stereocenters. The van der Waals surface area contributed by atoms with Crippen molar-refractivity contribution in [1.82, 2.24) is 4.90 Å². The van der Waals surface area contributed by atoms with Crippen LogP contribution < -0.4 is 4.90 Å². The second kappa shape index (κ2) is 5.01. The highest BCUT2D eigenvalue weighted by molar-refractivity contribution is 5.77. The summed E-state index contributed by atoms with van der Waals surface area (Å²) in [5, 5.41) is 0. The van der Waals surface area contributed by atoms with Crippen LogP contribution in [-0.4, -0.2) is 36.0 Å². The third-order valence-electron chi connectivity index (χ3n) is 3.63. The molecule has 18 heavy (non-hydrogen) atoms. The minimum atomic E-state index is -0.0960. The summed E-state index contributed by atoms with van der Waals surface area (Å²) in [4.78, 5) is 16.3. The number of anilines is 1. The number of hydrogen-bond donors (Lipinski definition) is 0. The number of nitrogens with zero attached hydrogens (tertiary/aromatic N) is 2. The number of carbonyl (C=O) groups is 1. The topological polar surface area (TPSA) is 23.6 Å². The SMILES string of the molecule is CCC(=O)N1CCN(c2ccccc2)CC1(C)C. The van der Waals surface area contributed by atoms with Crippen LogP contribution in [-0.2, 0) is 4.79 Å². The first-order chi connectivity index (χ1) is 8.54. The minimum Gasteiger partial charge on any atom is -0.367 e. The second-order valence-corrected chi connectivity index (χ2v) is 5.47. The maximum Gasteiger partial charge on any atom is 0.222 e. The molecule has 3 heteroatoms. The fourth-order valence-corrected chi connectivity index (χ4v) is 2.67. The summed E-state index contributed by atoms with van der Waals surface area (Å²) < 4.78 is 0. The van der Waals surface area contributed by atoms with E-state index in [4.69, 9.17) is 0 Å². The fraction of sp³-hybridized carbons (Fsp3) is 0.533. The van der Waals surface area contributed by atoms with Crippen LogP contribution in [0.5, 0.6) is 0 Å². The maximum absolute atomic E-state index is 11.9. The van der Waals surface area contributed by atoms with Crippen LogP contribution in [0.15, 0.2) is 30.3 Å². The van der Waals surface area contributed by atoms with Gasteiger partial charge in [-0.1, -0.05) is 25.1 Å². The molecule has 0 spiro atoms. The van der Waals surface area contributed by atoms with E-state index in [0.717, 1.165) is 19.6 Å². The molecule has 1 aliphatic heterocycles. The Morgan fingerprint density at radius 3 is 2.44 bits per heavy atom. The first kappa shape index (κ1) is 12.9. The fourth-order valence-electron chi connectivity index (χ4n) is 2.67. The summed E-state index contributed by atoms with van der Waals surface area (Å²) in [7, 11) is 0. The van der Waals surface area contributed by atoms with Crippen molar-refractivity contribution in [2.75, 3.05) is 24.5 Å². The molecule has 3 nitrogen and oxygen atoms in total. The van der Waals surface area contributed by atoms with Gasteiger partial charge in [-0.25, -0.2) is 0 Å². The molecular formula is C15H22N2O. The van der Waals surface area contributed by atoms with Gasteiger partial charge in [-0.15, -0.1) is 0 Å². The first-order valence-electron chi connectivity index (χ1n) is 6.65. The Kier molecular flexibility index (Phi) is 3.60. The van der Waals surface area contributed by atoms with Gasteiger partial charge in [0.1, 0.15) is 0 Å². The number of amides is 1. The quantitative estimate of drug-likeness (QED) is 0.800. The molecular weight excluding hydrogens is 224 g/mol. The van der Waals surface area contributed by atoms with Crippen LogP contribution in [0.4, 0.5) is 5.69 Å². The Morgan fingerprint density at radius 2 is 1.89 bits per heavy atom. The van der Waals surface area contributed by atoms with Crippen molar-refractivity contribution in [3.63, 3.8) is 0 Å². The predicted octanol–water partition coefficient (Wildman–Crippen LogP) is 2.52. The van der Waals surface area contributed by atoms with E-state index in [0.29, 0.717) is 6.42 Å². The van der Waals surface area contributed by atoms with Crippen LogP contribution >= 0.6 is 0 Å². The zero-order chi connectivity index (χ0) is 13.2. The molecule has 0 saturated carbocycles. The van der Waals surface area contributed by atoms with Crippen molar-refractivity contribution in [2.24, 2.45) is 0 Å². The number of benzene rings is 1. The number of piperazine rings is 1. The number of rotatable bonds is 2. The number of hydrogen-bond acceptors (Lipinski definition) is 2. The maximum atomic E-state index is 11.9. The Labute approximate surface area is 109 Å². The van der Waals surface area contributed by atoms with Gasteiger partial charge in [-0.05, 0) is 26.0 Å². The monoisotopic (exact) mass is 246 g/mol. The lowest BCUT2D eigenvalue weighted by molar-refractivity contribution is -0.136. The first-order valence-corrected chi connectivity index (χ1v) is 6.65. The molecule has 1 heterocycles. The summed E-state index contributed by atoms with van der Waals surface area (Å²) in [6.07, 6.45) is 0.592. The van der Waals surface area contributed by atoms with E-state index in [9.17, 15) is 4.79 Å². The van der Waals surface area contributed by atoms with Crippen molar-refractivity contribution in [1.29, 1.82) is 0 Å². The van der Waals surface area contributed by atoms with E-state index in [1.54, 1.807) is 0 Å². The zero-order valence-electron chi connectivity index (χ0n) is 11.5. The summed E-state index contributed by atoms with van der Waals surface area (Å²) >= 11 is 0. The van der Waals surface area contributed by atoms with Gasteiger partial charge in [0.05, 0.1) is 5.54 Å². The molecule has 0 N–H and O–H groups in total. The largest absolute Gasteiger partial charge is 0.367 e. The van der Waals surface area contributed by atoms with Gasteiger partial charge in [0.15, 0.2) is 0 Å². The second-order valence-electron chi connectivity index (χ2n) is 5.47. The lowest BCUT2D eigenvalue weighted by atomic mass is 9.97. The lowest BCUT2D eigenvalue weighted by Crippen LogP contribution is -2.61. The van der Waals surface area contributed by atoms with E-state index in [1.165, 1.54) is 5.69 Å². The number of para-hydroxylation sites is 1. The van der Waals surface area contributed by atoms with Gasteiger partial charge in [-0.2, -0.15) is 0 Å². The van der Waals surface area contributed by atoms with Crippen molar-refractivity contribution in [2.45, 2.75) is 32.7 Å². The summed E-state index contributed by atoms with van der Waals surface area (Å²) in [5.41, 5.74) is 1.15. The Balaban J connectivity index is 2.13. The molecule has 0 bridgehead atoms. The highest BCUT2D eigenvalue weighted by atomic mass is 16.2. The Morgan fingerprint density at radius 1 is 1.22 bits per heavy atom. The van der Waals surface area contributed by atoms with Gasteiger partial charge < -0.3 is 9.80 Å². The van der Waals surface area contributed by atoms with Crippen molar-refractivity contribution < 1.29 is 4.79 Å². The standard InChI is InChI=1S/C15H22N2O/c1-4-14(18)17-11-10-16(12-15(17,2)3)13-8-6-5-7-9-13/h5-9H,4,10-12H2,1-3H3. The van der Waals surface area contributed by atoms with E-state index >= 15 is 0 Å². The van der Waals surface area contributed by atoms with Crippen LogP contribution in [0.1, 0.15) is 27.2 Å². The average Bonchev–Trinajstić information content (AvgIpc) is 2.38. The van der Waals surface area contributed by atoms with Crippen LogP contribution in [0, 0.1) is 0 Å². The van der Waals surface area contributed by atoms with Crippen LogP contribution in [0.2, 0.25) is 0 Å². The smallest absolute Gasteiger partial charge is 0.222 e. The van der Waals surface area contributed by atoms with Gasteiger partial charge in [0.2, 0.25) is 5.91 Å². The molecule has 1 saturated heterocycles. The van der Waals surface area contributed by atoms with Gasteiger partial charge in [0.25, 0.3) is 0 Å². The summed E-state index contributed by atoms with van der Waals surface area (Å²) in [6, 6.07) is 10.4. The normalized spacial score (nSPS) is 18.8. The van der Waals surface area contributed by atoms with Crippen molar-refractivity contribution in [3.8, 4) is 0 Å². The average molecular weight is 246 g/mol. The van der Waals surface area contributed by atoms with Gasteiger partial charge in [-0.3, -0.25) is 4.79 Å². The number of carbonyl (C=O) groups excluding carboxylic acids is 1. The molecule has 0 aromatic heterocycles. The van der Waals surface area contributed by atoms with Crippen molar-refractivity contribution in [3.05, 3.63) is 30.3 Å². The Hall–Kier alpha value is -1.51. The molecule has 1 fully saturated rings. The van der Waals surface area contributed by atoms with Crippen LogP contribution in [0.3, 0.4) is 0 Å².